The molecule has 1 aliphatic heterocycles. The molecule has 0 amide bonds. The van der Waals surface area contributed by atoms with Gasteiger partial charge in [0.2, 0.25) is 0 Å². The monoisotopic (exact) mass is 274 g/mol. The number of aromatic nitrogens is 2. The first kappa shape index (κ1) is 13.5. The first-order valence-corrected chi connectivity index (χ1v) is 7.40. The van der Waals surface area contributed by atoms with Gasteiger partial charge in [-0.05, 0) is 13.8 Å². The summed E-state index contributed by atoms with van der Waals surface area (Å²) in [6.07, 6.45) is 1.39. The van der Waals surface area contributed by atoms with Crippen molar-refractivity contribution >= 4 is 10.0 Å². The Balaban J connectivity index is 2.16. The Hall–Kier alpha value is -0.960. The van der Waals surface area contributed by atoms with E-state index in [1.165, 1.54) is 6.20 Å². The number of nitrogens with zero attached hydrogens (tertiary/aromatic N) is 3. The maximum absolute atomic E-state index is 12.2. The van der Waals surface area contributed by atoms with Crippen molar-refractivity contribution in [1.29, 1.82) is 0 Å². The number of hydrazine groups is 1. The highest BCUT2D eigenvalue weighted by atomic mass is 32.2. The lowest BCUT2D eigenvalue weighted by Gasteiger charge is -2.26. The van der Waals surface area contributed by atoms with Crippen LogP contribution in [0.15, 0.2) is 11.1 Å². The number of ether oxygens (including phenoxy) is 1. The highest BCUT2D eigenvalue weighted by Gasteiger charge is 2.24. The van der Waals surface area contributed by atoms with E-state index in [0.29, 0.717) is 38.5 Å². The van der Waals surface area contributed by atoms with Crippen molar-refractivity contribution in [1.82, 2.24) is 19.6 Å². The van der Waals surface area contributed by atoms with Crippen LogP contribution in [0.4, 0.5) is 0 Å². The van der Waals surface area contributed by atoms with Crippen LogP contribution < -0.4 is 4.83 Å². The van der Waals surface area contributed by atoms with E-state index < -0.39 is 10.0 Å². The summed E-state index contributed by atoms with van der Waals surface area (Å²) in [5.41, 5.74) is 0.651. The quantitative estimate of drug-likeness (QED) is 0.818. The minimum Gasteiger partial charge on any atom is -0.379 e. The van der Waals surface area contributed by atoms with Crippen LogP contribution in [-0.4, -0.2) is 49.5 Å². The standard InChI is InChI=1S/C10H18N4O3S/c1-3-14-9(2)10(8-11-14)18(15,16)12-13-4-6-17-7-5-13/h8,12H,3-7H2,1-2H3. The molecule has 8 heteroatoms. The predicted octanol–water partition coefficient (Wildman–Crippen LogP) is -0.263. The molecule has 18 heavy (non-hydrogen) atoms. The Morgan fingerprint density at radius 3 is 2.67 bits per heavy atom. The molecule has 0 spiro atoms. The minimum absolute atomic E-state index is 0.232. The molecule has 1 fully saturated rings. The van der Waals surface area contributed by atoms with Crippen LogP contribution in [0, 0.1) is 6.92 Å². The van der Waals surface area contributed by atoms with Gasteiger partial charge in [0.15, 0.2) is 0 Å². The normalized spacial score (nSPS) is 18.1. The van der Waals surface area contributed by atoms with Gasteiger partial charge in [-0.15, -0.1) is 4.83 Å². The average molecular weight is 274 g/mol. The van der Waals surface area contributed by atoms with Gasteiger partial charge in [0, 0.05) is 19.6 Å². The van der Waals surface area contributed by atoms with Crippen LogP contribution in [0.25, 0.3) is 0 Å². The third-order valence-corrected chi connectivity index (χ3v) is 4.39. The second-order valence-corrected chi connectivity index (χ2v) is 5.73. The van der Waals surface area contributed by atoms with Crippen molar-refractivity contribution in [2.75, 3.05) is 26.3 Å². The molecule has 0 atom stereocenters. The van der Waals surface area contributed by atoms with E-state index in [-0.39, 0.29) is 4.90 Å². The molecule has 0 aliphatic carbocycles. The Kier molecular flexibility index (Phi) is 4.00. The summed E-state index contributed by atoms with van der Waals surface area (Å²) in [5.74, 6) is 0. The fourth-order valence-electron chi connectivity index (χ4n) is 1.89. The largest absolute Gasteiger partial charge is 0.379 e. The molecule has 1 aromatic heterocycles. The van der Waals surface area contributed by atoms with Crippen molar-refractivity contribution in [3.05, 3.63) is 11.9 Å². The molecule has 2 heterocycles. The van der Waals surface area contributed by atoms with Crippen LogP contribution in [0.3, 0.4) is 0 Å². The summed E-state index contributed by atoms with van der Waals surface area (Å²) in [5, 5.41) is 5.70. The maximum Gasteiger partial charge on any atom is 0.256 e. The van der Waals surface area contributed by atoms with E-state index in [9.17, 15) is 8.42 Å². The Morgan fingerprint density at radius 1 is 1.44 bits per heavy atom. The molecule has 0 bridgehead atoms. The second-order valence-electron chi connectivity index (χ2n) is 4.10. The number of aryl methyl sites for hydroxylation is 1. The topological polar surface area (TPSA) is 76.5 Å². The molecule has 0 radical (unpaired) electrons. The molecular weight excluding hydrogens is 256 g/mol. The molecule has 1 aliphatic rings. The van der Waals surface area contributed by atoms with Crippen LogP contribution in [0.2, 0.25) is 0 Å². The number of rotatable bonds is 4. The zero-order valence-electron chi connectivity index (χ0n) is 10.6. The summed E-state index contributed by atoms with van der Waals surface area (Å²) >= 11 is 0. The second kappa shape index (κ2) is 5.35. The summed E-state index contributed by atoms with van der Waals surface area (Å²) in [4.78, 5) is 2.79. The van der Waals surface area contributed by atoms with Gasteiger partial charge in [-0.3, -0.25) is 4.68 Å². The zero-order chi connectivity index (χ0) is 13.2. The molecule has 0 unspecified atom stereocenters. The first-order chi connectivity index (χ1) is 8.54. The van der Waals surface area contributed by atoms with Crippen LogP contribution in [0.5, 0.6) is 0 Å². The SMILES string of the molecule is CCn1ncc(S(=O)(=O)NN2CCOCC2)c1C. The molecule has 7 nitrogen and oxygen atoms in total. The van der Waals surface area contributed by atoms with Crippen molar-refractivity contribution < 1.29 is 13.2 Å². The molecule has 102 valence electrons. The highest BCUT2D eigenvalue weighted by Crippen LogP contribution is 2.14. The summed E-state index contributed by atoms with van der Waals surface area (Å²) < 4.78 is 31.2. The smallest absolute Gasteiger partial charge is 0.256 e. The van der Waals surface area contributed by atoms with Gasteiger partial charge >= 0.3 is 0 Å². The van der Waals surface area contributed by atoms with E-state index in [1.54, 1.807) is 16.6 Å². The fraction of sp³-hybridized carbons (Fsp3) is 0.700. The van der Waals surface area contributed by atoms with Gasteiger partial charge < -0.3 is 4.74 Å². The van der Waals surface area contributed by atoms with Crippen molar-refractivity contribution in [3.63, 3.8) is 0 Å². The average Bonchev–Trinajstić information content (AvgIpc) is 2.72. The first-order valence-electron chi connectivity index (χ1n) is 5.92. The molecule has 2 rings (SSSR count). The molecule has 1 aromatic rings. The number of nitrogens with one attached hydrogen (secondary N) is 1. The maximum atomic E-state index is 12.2. The number of sulfonamides is 1. The van der Waals surface area contributed by atoms with E-state index in [4.69, 9.17) is 4.74 Å². The lowest BCUT2D eigenvalue weighted by atomic mass is 10.5. The summed E-state index contributed by atoms with van der Waals surface area (Å²) in [7, 11) is -3.54. The summed E-state index contributed by atoms with van der Waals surface area (Å²) in [6, 6.07) is 0. The van der Waals surface area contributed by atoms with Gasteiger partial charge in [0.05, 0.1) is 25.1 Å². The fourth-order valence-corrected chi connectivity index (χ4v) is 3.19. The Morgan fingerprint density at radius 2 is 2.11 bits per heavy atom. The van der Waals surface area contributed by atoms with Crippen molar-refractivity contribution in [3.8, 4) is 0 Å². The van der Waals surface area contributed by atoms with Crippen molar-refractivity contribution in [2.24, 2.45) is 0 Å². The van der Waals surface area contributed by atoms with Gasteiger partial charge in [-0.1, -0.05) is 0 Å². The van der Waals surface area contributed by atoms with E-state index >= 15 is 0 Å². The van der Waals surface area contributed by atoms with Gasteiger partial charge in [-0.25, -0.2) is 13.4 Å². The van der Waals surface area contributed by atoms with Gasteiger partial charge in [0.1, 0.15) is 4.90 Å². The number of hydrogen-bond acceptors (Lipinski definition) is 5. The lowest BCUT2D eigenvalue weighted by Crippen LogP contribution is -2.48. The third kappa shape index (κ3) is 2.72. The molecular formula is C10H18N4O3S. The minimum atomic E-state index is -3.54. The van der Waals surface area contributed by atoms with Crippen molar-refractivity contribution in [2.45, 2.75) is 25.3 Å². The zero-order valence-corrected chi connectivity index (χ0v) is 11.4. The predicted molar refractivity (Wildman–Crippen MR) is 65.4 cm³/mol. The number of hydrogen-bond donors (Lipinski definition) is 1. The number of morpholine rings is 1. The van der Waals surface area contributed by atoms with Gasteiger partial charge in [0.25, 0.3) is 10.0 Å². The molecule has 0 saturated carbocycles. The van der Waals surface area contributed by atoms with Crippen LogP contribution in [-0.2, 0) is 21.3 Å². The Labute approximate surface area is 107 Å². The van der Waals surface area contributed by atoms with E-state index in [0.717, 1.165) is 0 Å². The molecule has 0 aromatic carbocycles. The van der Waals surface area contributed by atoms with E-state index in [2.05, 4.69) is 9.93 Å². The van der Waals surface area contributed by atoms with E-state index in [1.807, 2.05) is 6.92 Å². The Bertz CT molecular complexity index is 505. The van der Waals surface area contributed by atoms with Crippen LogP contribution in [0.1, 0.15) is 12.6 Å². The summed E-state index contributed by atoms with van der Waals surface area (Å²) in [6.45, 7) is 6.51. The molecule has 1 saturated heterocycles. The van der Waals surface area contributed by atoms with Gasteiger partial charge in [-0.2, -0.15) is 5.10 Å². The highest BCUT2D eigenvalue weighted by molar-refractivity contribution is 7.89. The third-order valence-electron chi connectivity index (χ3n) is 2.91. The molecule has 1 N–H and O–H groups in total. The van der Waals surface area contributed by atoms with Crippen LogP contribution >= 0.6 is 0 Å². The lowest BCUT2D eigenvalue weighted by molar-refractivity contribution is 0.0272.